The van der Waals surface area contributed by atoms with Gasteiger partial charge in [0.1, 0.15) is 29.3 Å². The van der Waals surface area contributed by atoms with Crippen molar-refractivity contribution in [3.05, 3.63) is 29.6 Å². The third-order valence-electron chi connectivity index (χ3n) is 6.25. The molecule has 1 saturated heterocycles. The van der Waals surface area contributed by atoms with Crippen LogP contribution in [-0.4, -0.2) is 65.7 Å². The second-order valence-corrected chi connectivity index (χ2v) is 8.73. The fraction of sp³-hybridized carbons (Fsp3) is 0.440. The monoisotopic (exact) mass is 517 g/mol. The summed E-state index contributed by atoms with van der Waals surface area (Å²) in [4.78, 5) is 41.2. The van der Waals surface area contributed by atoms with Crippen LogP contribution >= 0.6 is 0 Å². The molecule has 2 aromatic rings. The molecule has 3 rings (SSSR count). The molecule has 0 bridgehead atoms. The average molecular weight is 518 g/mol. The average Bonchev–Trinajstić information content (AvgIpc) is 2.92. The number of carbonyl (C=O) groups is 2. The Morgan fingerprint density at radius 2 is 2.03 bits per heavy atom. The number of carbonyl (C=O) groups excluding carboxylic acids is 2. The maximum atomic E-state index is 12.3. The van der Waals surface area contributed by atoms with Crippen molar-refractivity contribution in [3.8, 4) is 12.1 Å². The first-order valence-electron chi connectivity index (χ1n) is 12.4. The van der Waals surface area contributed by atoms with E-state index in [0.29, 0.717) is 62.5 Å². The molecular formula is C25H31N11O2. The SMILES string of the molecule is CCN(CCNC(=O)CC#N)c1ccc(Nc2nc(N3CCC(CC#N)CC3)nc(C=N)c2C(N)=O)cn1. The Labute approximate surface area is 221 Å². The summed E-state index contributed by atoms with van der Waals surface area (Å²) >= 11 is 0. The van der Waals surface area contributed by atoms with E-state index in [1.54, 1.807) is 18.3 Å². The smallest absolute Gasteiger partial charge is 0.254 e. The molecule has 0 aromatic carbocycles. The Morgan fingerprint density at radius 3 is 2.61 bits per heavy atom. The molecule has 0 spiro atoms. The normalized spacial score (nSPS) is 13.2. The molecule has 3 heterocycles. The van der Waals surface area contributed by atoms with Crippen LogP contribution in [0.4, 0.5) is 23.3 Å². The number of nitrogens with two attached hydrogens (primary N) is 1. The number of nitrogens with one attached hydrogen (secondary N) is 3. The highest BCUT2D eigenvalue weighted by Gasteiger charge is 2.25. The van der Waals surface area contributed by atoms with E-state index in [0.717, 1.165) is 19.1 Å². The number of hydrogen-bond acceptors (Lipinski definition) is 11. The lowest BCUT2D eigenvalue weighted by atomic mass is 9.94. The van der Waals surface area contributed by atoms with E-state index in [1.807, 2.05) is 22.8 Å². The summed E-state index contributed by atoms with van der Waals surface area (Å²) in [5.74, 6) is 0.509. The number of rotatable bonds is 12. The van der Waals surface area contributed by atoms with Gasteiger partial charge in [-0.1, -0.05) is 0 Å². The maximum absolute atomic E-state index is 12.3. The molecule has 13 heteroatoms. The van der Waals surface area contributed by atoms with Crippen LogP contribution in [0.2, 0.25) is 0 Å². The molecule has 2 aromatic heterocycles. The number of hydrogen-bond donors (Lipinski definition) is 4. The first-order valence-corrected chi connectivity index (χ1v) is 12.4. The molecule has 38 heavy (non-hydrogen) atoms. The van der Waals surface area contributed by atoms with Crippen molar-refractivity contribution in [2.75, 3.05) is 47.8 Å². The Bertz CT molecular complexity index is 1230. The lowest BCUT2D eigenvalue weighted by Gasteiger charge is -2.31. The molecule has 13 nitrogen and oxygen atoms in total. The van der Waals surface area contributed by atoms with Crippen LogP contribution in [0, 0.1) is 34.0 Å². The highest BCUT2D eigenvalue weighted by Crippen LogP contribution is 2.27. The van der Waals surface area contributed by atoms with E-state index in [2.05, 4.69) is 31.7 Å². The van der Waals surface area contributed by atoms with Gasteiger partial charge in [0.15, 0.2) is 0 Å². The highest BCUT2D eigenvalue weighted by atomic mass is 16.2. The van der Waals surface area contributed by atoms with Crippen molar-refractivity contribution < 1.29 is 9.59 Å². The van der Waals surface area contributed by atoms with Gasteiger partial charge in [-0.25, -0.2) is 9.97 Å². The number of likely N-dealkylation sites (N-methyl/N-ethyl adjacent to an activating group) is 1. The Balaban J connectivity index is 1.78. The molecule has 0 radical (unpaired) electrons. The van der Waals surface area contributed by atoms with Crippen LogP contribution in [0.15, 0.2) is 18.3 Å². The maximum Gasteiger partial charge on any atom is 0.254 e. The van der Waals surface area contributed by atoms with Gasteiger partial charge in [-0.05, 0) is 37.8 Å². The van der Waals surface area contributed by atoms with Crippen LogP contribution in [-0.2, 0) is 4.79 Å². The van der Waals surface area contributed by atoms with Crippen molar-refractivity contribution in [2.45, 2.75) is 32.6 Å². The largest absolute Gasteiger partial charge is 0.365 e. The van der Waals surface area contributed by atoms with Crippen molar-refractivity contribution in [1.82, 2.24) is 20.3 Å². The summed E-state index contributed by atoms with van der Waals surface area (Å²) in [5, 5.41) is 31.1. The number of piperidine rings is 1. The van der Waals surface area contributed by atoms with E-state index in [4.69, 9.17) is 21.7 Å². The van der Waals surface area contributed by atoms with Gasteiger partial charge in [-0.2, -0.15) is 15.5 Å². The van der Waals surface area contributed by atoms with E-state index in [-0.39, 0.29) is 29.4 Å². The van der Waals surface area contributed by atoms with Gasteiger partial charge < -0.3 is 31.6 Å². The number of nitrogens with zero attached hydrogens (tertiary/aromatic N) is 7. The molecule has 2 amide bonds. The van der Waals surface area contributed by atoms with Crippen molar-refractivity contribution in [1.29, 1.82) is 15.9 Å². The number of nitriles is 2. The molecule has 0 aliphatic carbocycles. The molecule has 1 aliphatic heterocycles. The number of anilines is 4. The molecule has 1 aliphatic rings. The first-order chi connectivity index (χ1) is 18.4. The molecule has 0 saturated carbocycles. The fourth-order valence-electron chi connectivity index (χ4n) is 4.19. The molecule has 1 fully saturated rings. The summed E-state index contributed by atoms with van der Waals surface area (Å²) in [5.41, 5.74) is 6.30. The van der Waals surface area contributed by atoms with Gasteiger partial charge >= 0.3 is 0 Å². The van der Waals surface area contributed by atoms with Gasteiger partial charge in [0, 0.05) is 45.4 Å². The Kier molecular flexibility index (Phi) is 9.88. The number of primary amides is 1. The lowest BCUT2D eigenvalue weighted by Crippen LogP contribution is -2.35. The quantitative estimate of drug-likeness (QED) is 0.300. The molecular weight excluding hydrogens is 486 g/mol. The van der Waals surface area contributed by atoms with Crippen molar-refractivity contribution >= 4 is 41.3 Å². The van der Waals surface area contributed by atoms with Crippen LogP contribution in [0.25, 0.3) is 0 Å². The third kappa shape index (κ3) is 7.13. The molecule has 0 atom stereocenters. The lowest BCUT2D eigenvalue weighted by molar-refractivity contribution is -0.120. The fourth-order valence-corrected chi connectivity index (χ4v) is 4.19. The minimum absolute atomic E-state index is 0.00971. The van der Waals surface area contributed by atoms with E-state index < -0.39 is 5.91 Å². The second kappa shape index (κ2) is 13.5. The molecule has 5 N–H and O–H groups in total. The number of aromatic nitrogens is 3. The summed E-state index contributed by atoms with van der Waals surface area (Å²) in [7, 11) is 0. The van der Waals surface area contributed by atoms with E-state index in [9.17, 15) is 9.59 Å². The number of pyridine rings is 1. The van der Waals surface area contributed by atoms with Gasteiger partial charge in [-0.15, -0.1) is 0 Å². The van der Waals surface area contributed by atoms with E-state index >= 15 is 0 Å². The zero-order valence-corrected chi connectivity index (χ0v) is 21.3. The van der Waals surface area contributed by atoms with Crippen LogP contribution in [0.1, 0.15) is 48.7 Å². The standard InChI is InChI=1S/C25H31N11O2/c1-2-35(14-11-30-21(37)6-10-27)20-4-3-18(16-31-20)32-24-22(23(29)38)19(15-28)33-25(34-24)36-12-7-17(5-9-26)8-13-36/h3-4,15-17,28H,2,5-8,11-14H2,1H3,(H2,29,38)(H,30,37)(H,32,33,34). The topological polar surface area (TPSA) is 201 Å². The predicted molar refractivity (Wildman–Crippen MR) is 142 cm³/mol. The van der Waals surface area contributed by atoms with Crippen LogP contribution in [0.3, 0.4) is 0 Å². The van der Waals surface area contributed by atoms with Crippen molar-refractivity contribution in [3.63, 3.8) is 0 Å². The minimum atomic E-state index is -0.759. The van der Waals surface area contributed by atoms with Gasteiger partial charge in [0.05, 0.1) is 24.0 Å². The zero-order chi connectivity index (χ0) is 27.5. The summed E-state index contributed by atoms with van der Waals surface area (Å²) in [6, 6.07) is 7.62. The molecule has 198 valence electrons. The Hall–Kier alpha value is -4.78. The number of amides is 2. The minimum Gasteiger partial charge on any atom is -0.365 e. The second-order valence-electron chi connectivity index (χ2n) is 8.73. The van der Waals surface area contributed by atoms with Crippen molar-refractivity contribution in [2.24, 2.45) is 11.7 Å². The summed E-state index contributed by atoms with van der Waals surface area (Å²) < 4.78 is 0. The highest BCUT2D eigenvalue weighted by molar-refractivity contribution is 6.04. The molecule has 0 unspecified atom stereocenters. The van der Waals surface area contributed by atoms with Crippen LogP contribution in [0.5, 0.6) is 0 Å². The first kappa shape index (κ1) is 27.8. The Morgan fingerprint density at radius 1 is 1.26 bits per heavy atom. The van der Waals surface area contributed by atoms with Gasteiger partial charge in [0.25, 0.3) is 5.91 Å². The zero-order valence-electron chi connectivity index (χ0n) is 21.3. The van der Waals surface area contributed by atoms with Gasteiger partial charge in [0.2, 0.25) is 11.9 Å². The van der Waals surface area contributed by atoms with E-state index in [1.165, 1.54) is 0 Å². The predicted octanol–water partition coefficient (Wildman–Crippen LogP) is 1.70. The summed E-state index contributed by atoms with van der Waals surface area (Å²) in [6.45, 7) is 4.85. The third-order valence-corrected chi connectivity index (χ3v) is 6.25. The van der Waals surface area contributed by atoms with Crippen LogP contribution < -0.4 is 26.2 Å². The summed E-state index contributed by atoms with van der Waals surface area (Å²) in [6.07, 6.45) is 4.58. The van der Waals surface area contributed by atoms with Gasteiger partial charge in [-0.3, -0.25) is 9.59 Å².